The molecule has 0 bridgehead atoms. The summed E-state index contributed by atoms with van der Waals surface area (Å²) in [6, 6.07) is 7.58. The van der Waals surface area contributed by atoms with E-state index in [2.05, 4.69) is 12.3 Å². The lowest BCUT2D eigenvalue weighted by Crippen LogP contribution is -1.82. The van der Waals surface area contributed by atoms with Gasteiger partial charge in [0, 0.05) is 5.69 Å². The van der Waals surface area contributed by atoms with Crippen molar-refractivity contribution in [1.29, 1.82) is 0 Å². The Balaban J connectivity index is 3.06. The van der Waals surface area contributed by atoms with Crippen molar-refractivity contribution < 1.29 is 0 Å². The lowest BCUT2D eigenvalue weighted by Gasteiger charge is -1.92. The lowest BCUT2D eigenvalue weighted by molar-refractivity contribution is 1.65. The van der Waals surface area contributed by atoms with Gasteiger partial charge in [0.1, 0.15) is 0 Å². The molecule has 0 unspecified atom stereocenters. The number of hydrogen-bond acceptors (Lipinski definition) is 1. The van der Waals surface area contributed by atoms with Crippen LogP contribution in [0, 0.1) is 0 Å². The Morgan fingerprint density at radius 1 is 1.50 bits per heavy atom. The number of hydrogen-bond donors (Lipinski definition) is 1. The predicted molar refractivity (Wildman–Crippen MR) is 44.5 cm³/mol. The van der Waals surface area contributed by atoms with E-state index in [1.165, 1.54) is 0 Å². The van der Waals surface area contributed by atoms with Crippen LogP contribution >= 0.6 is 0 Å². The molecule has 0 heterocycles. The fourth-order valence-electron chi connectivity index (χ4n) is 0.767. The summed E-state index contributed by atoms with van der Waals surface area (Å²) in [5.74, 6) is 0. The Bertz CT molecular complexity index is 270. The molecule has 0 aliphatic rings. The number of rotatable bonds is 1. The first-order valence-electron chi connectivity index (χ1n) is 3.04. The monoisotopic (exact) mass is 131 g/mol. The number of nitrogen functional groups attached to an aromatic ring is 1. The second-order valence-electron chi connectivity index (χ2n) is 2.02. The second-order valence-corrected chi connectivity index (χ2v) is 2.02. The normalized spacial score (nSPS) is 8.40. The van der Waals surface area contributed by atoms with Crippen LogP contribution < -0.4 is 5.73 Å². The zero-order valence-corrected chi connectivity index (χ0v) is 5.67. The lowest BCUT2D eigenvalue weighted by atomic mass is 10.2. The topological polar surface area (TPSA) is 26.0 Å². The van der Waals surface area contributed by atoms with E-state index in [9.17, 15) is 0 Å². The van der Waals surface area contributed by atoms with E-state index in [0.717, 1.165) is 11.3 Å². The van der Waals surface area contributed by atoms with Gasteiger partial charge in [-0.15, -0.1) is 5.73 Å². The van der Waals surface area contributed by atoms with E-state index in [1.807, 2.05) is 24.3 Å². The van der Waals surface area contributed by atoms with Crippen LogP contribution in [0.1, 0.15) is 5.56 Å². The van der Waals surface area contributed by atoms with Gasteiger partial charge < -0.3 is 5.73 Å². The van der Waals surface area contributed by atoms with Crippen molar-refractivity contribution in [1.82, 2.24) is 0 Å². The molecule has 1 nitrogen and oxygen atoms in total. The molecule has 10 heavy (non-hydrogen) atoms. The van der Waals surface area contributed by atoms with Crippen LogP contribution in [0.15, 0.2) is 36.6 Å². The molecular weight excluding hydrogens is 122 g/mol. The van der Waals surface area contributed by atoms with Gasteiger partial charge in [-0.3, -0.25) is 0 Å². The Labute approximate surface area is 60.5 Å². The highest BCUT2D eigenvalue weighted by Gasteiger charge is 1.84. The highest BCUT2D eigenvalue weighted by Crippen LogP contribution is 2.06. The summed E-state index contributed by atoms with van der Waals surface area (Å²) in [5, 5.41) is 0. The van der Waals surface area contributed by atoms with E-state index in [1.54, 1.807) is 6.08 Å². The average Bonchev–Trinajstić information content (AvgIpc) is 1.88. The molecule has 0 radical (unpaired) electrons. The molecule has 1 heteroatoms. The molecule has 0 aromatic heterocycles. The third-order valence-electron chi connectivity index (χ3n) is 1.18. The molecule has 0 saturated heterocycles. The molecule has 0 aliphatic heterocycles. The van der Waals surface area contributed by atoms with Crippen LogP contribution in [0.25, 0.3) is 6.08 Å². The molecule has 0 amide bonds. The van der Waals surface area contributed by atoms with Gasteiger partial charge in [0.15, 0.2) is 0 Å². The van der Waals surface area contributed by atoms with Gasteiger partial charge in [0.05, 0.1) is 0 Å². The van der Waals surface area contributed by atoms with Gasteiger partial charge in [-0.05, 0) is 23.8 Å². The molecule has 1 aromatic carbocycles. The van der Waals surface area contributed by atoms with E-state index in [4.69, 9.17) is 5.73 Å². The minimum absolute atomic E-state index is 0.768. The van der Waals surface area contributed by atoms with Crippen molar-refractivity contribution in [2.75, 3.05) is 5.73 Å². The van der Waals surface area contributed by atoms with Crippen molar-refractivity contribution in [3.05, 3.63) is 42.1 Å². The van der Waals surface area contributed by atoms with Crippen molar-refractivity contribution in [3.63, 3.8) is 0 Å². The van der Waals surface area contributed by atoms with Gasteiger partial charge in [0.25, 0.3) is 0 Å². The summed E-state index contributed by atoms with van der Waals surface area (Å²) in [4.78, 5) is 0. The van der Waals surface area contributed by atoms with E-state index < -0.39 is 0 Å². The molecule has 0 atom stereocenters. The summed E-state index contributed by atoms with van der Waals surface area (Å²) < 4.78 is 0. The smallest absolute Gasteiger partial charge is 0.0320 e. The molecule has 0 spiro atoms. The summed E-state index contributed by atoms with van der Waals surface area (Å²) in [5.41, 5.74) is 10.0. The van der Waals surface area contributed by atoms with Crippen LogP contribution in [0.3, 0.4) is 0 Å². The van der Waals surface area contributed by atoms with Crippen LogP contribution in [-0.2, 0) is 0 Å². The van der Waals surface area contributed by atoms with Crippen LogP contribution in [0.5, 0.6) is 0 Å². The summed E-state index contributed by atoms with van der Waals surface area (Å²) in [7, 11) is 0. The van der Waals surface area contributed by atoms with Crippen molar-refractivity contribution >= 4 is 11.8 Å². The van der Waals surface area contributed by atoms with Crippen LogP contribution in [0.2, 0.25) is 0 Å². The first-order chi connectivity index (χ1) is 4.83. The standard InChI is InChI=1S/C9H9N/c1-2-4-8-5-3-6-9(10)7-8/h3-7H,1,10H2. The highest BCUT2D eigenvalue weighted by molar-refractivity contribution is 5.54. The maximum atomic E-state index is 5.52. The minimum atomic E-state index is 0.768. The summed E-state index contributed by atoms with van der Waals surface area (Å²) >= 11 is 0. The number of anilines is 1. The molecular formula is C9H9N. The van der Waals surface area contributed by atoms with Crippen molar-refractivity contribution in [2.24, 2.45) is 0 Å². The number of benzene rings is 1. The Kier molecular flexibility index (Phi) is 1.93. The van der Waals surface area contributed by atoms with E-state index >= 15 is 0 Å². The van der Waals surface area contributed by atoms with Gasteiger partial charge >= 0.3 is 0 Å². The maximum Gasteiger partial charge on any atom is 0.0320 e. The quantitative estimate of drug-likeness (QED) is 0.458. The van der Waals surface area contributed by atoms with Crippen molar-refractivity contribution in [3.8, 4) is 0 Å². The molecule has 1 aromatic rings. The molecule has 0 fully saturated rings. The average molecular weight is 131 g/mol. The van der Waals surface area contributed by atoms with E-state index in [0.29, 0.717) is 0 Å². The third-order valence-corrected chi connectivity index (χ3v) is 1.18. The molecule has 1 rings (SSSR count). The van der Waals surface area contributed by atoms with Gasteiger partial charge in [-0.2, -0.15) is 0 Å². The molecule has 2 N–H and O–H groups in total. The fourth-order valence-corrected chi connectivity index (χ4v) is 0.767. The Morgan fingerprint density at radius 2 is 2.30 bits per heavy atom. The van der Waals surface area contributed by atoms with Gasteiger partial charge in [0.2, 0.25) is 0 Å². The van der Waals surface area contributed by atoms with Crippen LogP contribution in [-0.4, -0.2) is 0 Å². The molecule has 50 valence electrons. The first kappa shape index (κ1) is 6.66. The summed E-state index contributed by atoms with van der Waals surface area (Å²) in [6.45, 7) is 3.46. The van der Waals surface area contributed by atoms with Gasteiger partial charge in [-0.25, -0.2) is 0 Å². The summed E-state index contributed by atoms with van der Waals surface area (Å²) in [6.07, 6.45) is 1.79. The Morgan fingerprint density at radius 3 is 2.90 bits per heavy atom. The predicted octanol–water partition coefficient (Wildman–Crippen LogP) is 2.07. The maximum absolute atomic E-state index is 5.52. The molecule has 0 aliphatic carbocycles. The van der Waals surface area contributed by atoms with Crippen LogP contribution in [0.4, 0.5) is 5.69 Å². The zero-order chi connectivity index (χ0) is 7.40. The largest absolute Gasteiger partial charge is 0.399 e. The first-order valence-corrected chi connectivity index (χ1v) is 3.04. The van der Waals surface area contributed by atoms with Crippen molar-refractivity contribution in [2.45, 2.75) is 0 Å². The molecule has 0 saturated carbocycles. The fraction of sp³-hybridized carbons (Fsp3) is 0. The SMILES string of the molecule is C=C=Cc1cccc(N)c1. The number of nitrogens with two attached hydrogens (primary N) is 1. The minimum Gasteiger partial charge on any atom is -0.399 e. The Hall–Kier alpha value is -1.46. The van der Waals surface area contributed by atoms with Gasteiger partial charge in [-0.1, -0.05) is 18.7 Å². The van der Waals surface area contributed by atoms with E-state index in [-0.39, 0.29) is 0 Å². The third kappa shape index (κ3) is 1.51. The zero-order valence-electron chi connectivity index (χ0n) is 5.67. The highest BCUT2D eigenvalue weighted by atomic mass is 14.5. The second kappa shape index (κ2) is 2.90.